The number of rotatable bonds is 5. The fraction of sp³-hybridized carbons (Fsp3) is 0.444. The molecule has 1 saturated carbocycles. The van der Waals surface area contributed by atoms with E-state index in [2.05, 4.69) is 10.4 Å². The molecule has 0 saturated heterocycles. The van der Waals surface area contributed by atoms with Crippen LogP contribution in [0.3, 0.4) is 0 Å². The molecule has 3 rings (SSSR count). The smallest absolute Gasteiger partial charge is 0.226 e. The predicted octanol–water partition coefficient (Wildman–Crippen LogP) is 2.22. The number of nitrogens with one attached hydrogen (secondary N) is 1. The first kappa shape index (κ1) is 16.6. The second kappa shape index (κ2) is 7.57. The van der Waals surface area contributed by atoms with Gasteiger partial charge in [-0.2, -0.15) is 5.10 Å². The molecular formula is C18H22FN3O2. The molecule has 0 atom stereocenters. The number of nitrogens with zero attached hydrogens (tertiary/aromatic N) is 2. The number of aliphatic hydroxyl groups excluding tert-OH is 1. The Bertz CT molecular complexity index is 676. The third kappa shape index (κ3) is 4.20. The number of hydrogen-bond acceptors (Lipinski definition) is 3. The molecule has 1 aromatic carbocycles. The van der Waals surface area contributed by atoms with Gasteiger partial charge in [-0.15, -0.1) is 0 Å². The number of halogens is 1. The van der Waals surface area contributed by atoms with Crippen molar-refractivity contribution in [1.82, 2.24) is 15.1 Å². The van der Waals surface area contributed by atoms with Gasteiger partial charge in [0.2, 0.25) is 5.91 Å². The summed E-state index contributed by atoms with van der Waals surface area (Å²) in [5, 5.41) is 16.6. The summed E-state index contributed by atoms with van der Waals surface area (Å²) in [6.45, 7) is 0.238. The number of aromatic nitrogens is 2. The zero-order valence-electron chi connectivity index (χ0n) is 13.5. The highest BCUT2D eigenvalue weighted by atomic mass is 19.1. The van der Waals surface area contributed by atoms with E-state index >= 15 is 0 Å². The Morgan fingerprint density at radius 3 is 2.58 bits per heavy atom. The van der Waals surface area contributed by atoms with Crippen LogP contribution in [-0.4, -0.2) is 33.4 Å². The van der Waals surface area contributed by atoms with Crippen molar-refractivity contribution in [2.45, 2.75) is 38.1 Å². The molecule has 128 valence electrons. The zero-order valence-corrected chi connectivity index (χ0v) is 13.5. The second-order valence-electron chi connectivity index (χ2n) is 6.37. The summed E-state index contributed by atoms with van der Waals surface area (Å²) in [6, 6.07) is 8.04. The van der Waals surface area contributed by atoms with Crippen LogP contribution in [0.2, 0.25) is 0 Å². The van der Waals surface area contributed by atoms with Gasteiger partial charge in [0.25, 0.3) is 0 Å². The van der Waals surface area contributed by atoms with E-state index in [9.17, 15) is 9.18 Å². The number of benzene rings is 1. The van der Waals surface area contributed by atoms with E-state index in [4.69, 9.17) is 5.11 Å². The van der Waals surface area contributed by atoms with E-state index in [1.54, 1.807) is 29.1 Å². The van der Waals surface area contributed by atoms with E-state index in [-0.39, 0.29) is 30.8 Å². The molecule has 0 spiro atoms. The molecule has 0 bridgehead atoms. The molecule has 2 N–H and O–H groups in total. The minimum absolute atomic E-state index is 0.0354. The van der Waals surface area contributed by atoms with Crippen molar-refractivity contribution in [3.63, 3.8) is 0 Å². The molecule has 24 heavy (non-hydrogen) atoms. The summed E-state index contributed by atoms with van der Waals surface area (Å²) in [4.78, 5) is 12.2. The van der Waals surface area contributed by atoms with E-state index in [1.807, 2.05) is 0 Å². The molecule has 1 amide bonds. The molecule has 2 aromatic rings. The summed E-state index contributed by atoms with van der Waals surface area (Å²) < 4.78 is 14.6. The molecule has 6 heteroatoms. The fourth-order valence-corrected chi connectivity index (χ4v) is 3.13. The third-order valence-corrected chi connectivity index (χ3v) is 4.55. The number of hydrogen-bond donors (Lipinski definition) is 2. The topological polar surface area (TPSA) is 67.2 Å². The zero-order chi connectivity index (χ0) is 16.9. The Hall–Kier alpha value is -2.21. The lowest BCUT2D eigenvalue weighted by molar-refractivity contribution is -0.121. The van der Waals surface area contributed by atoms with Crippen molar-refractivity contribution < 1.29 is 14.3 Å². The second-order valence-corrected chi connectivity index (χ2v) is 6.37. The normalized spacial score (nSPS) is 20.8. The van der Waals surface area contributed by atoms with Gasteiger partial charge >= 0.3 is 0 Å². The maximum absolute atomic E-state index is 13.0. The first-order valence-electron chi connectivity index (χ1n) is 8.35. The number of aliphatic hydroxyl groups is 1. The summed E-state index contributed by atoms with van der Waals surface area (Å²) in [6.07, 6.45) is 5.75. The number of amides is 1. The van der Waals surface area contributed by atoms with Gasteiger partial charge < -0.3 is 10.4 Å². The van der Waals surface area contributed by atoms with E-state index in [0.717, 1.165) is 31.4 Å². The molecule has 5 nitrogen and oxygen atoms in total. The van der Waals surface area contributed by atoms with Gasteiger partial charge in [-0.25, -0.2) is 9.07 Å². The molecule has 1 aromatic heterocycles. The van der Waals surface area contributed by atoms with Crippen LogP contribution in [0.25, 0.3) is 5.69 Å². The van der Waals surface area contributed by atoms with Gasteiger partial charge in [0.15, 0.2) is 0 Å². The van der Waals surface area contributed by atoms with Gasteiger partial charge in [0.1, 0.15) is 5.82 Å². The number of carbonyl (C=O) groups excluding carboxylic acids is 1. The Morgan fingerprint density at radius 2 is 1.92 bits per heavy atom. The molecule has 1 fully saturated rings. The quantitative estimate of drug-likeness (QED) is 0.883. The standard InChI is InChI=1S/C18H22FN3O2/c19-14-3-7-17(8-4-14)22-10-9-16(21-22)11-18(24)20-15-5-1-13(12-23)2-6-15/h3-4,7-10,13,15,23H,1-2,5-6,11-12H2,(H,20,24). The minimum Gasteiger partial charge on any atom is -0.396 e. The summed E-state index contributed by atoms with van der Waals surface area (Å²) >= 11 is 0. The number of carbonyl (C=O) groups is 1. The van der Waals surface area contributed by atoms with Crippen molar-refractivity contribution in [3.05, 3.63) is 48.0 Å². The average Bonchev–Trinajstić information content (AvgIpc) is 3.04. The molecule has 1 heterocycles. The average molecular weight is 331 g/mol. The molecular weight excluding hydrogens is 309 g/mol. The van der Waals surface area contributed by atoms with Gasteiger partial charge in [0, 0.05) is 18.8 Å². The lowest BCUT2D eigenvalue weighted by Crippen LogP contribution is -2.38. The monoisotopic (exact) mass is 331 g/mol. The van der Waals surface area contributed by atoms with Crippen molar-refractivity contribution in [2.24, 2.45) is 5.92 Å². The maximum atomic E-state index is 13.0. The maximum Gasteiger partial charge on any atom is 0.226 e. The van der Waals surface area contributed by atoms with Crippen molar-refractivity contribution >= 4 is 5.91 Å². The van der Waals surface area contributed by atoms with Crippen LogP contribution >= 0.6 is 0 Å². The van der Waals surface area contributed by atoms with Crippen LogP contribution in [0.4, 0.5) is 4.39 Å². The molecule has 0 radical (unpaired) electrons. The Balaban J connectivity index is 1.53. The Labute approximate surface area is 140 Å². The van der Waals surface area contributed by atoms with Gasteiger partial charge in [0.05, 0.1) is 17.8 Å². The molecule has 0 unspecified atom stereocenters. The first-order valence-corrected chi connectivity index (χ1v) is 8.35. The molecule has 1 aliphatic rings. The van der Waals surface area contributed by atoms with Crippen molar-refractivity contribution in [3.8, 4) is 5.69 Å². The largest absolute Gasteiger partial charge is 0.396 e. The SMILES string of the molecule is O=C(Cc1ccn(-c2ccc(F)cc2)n1)NC1CCC(CO)CC1. The van der Waals surface area contributed by atoms with E-state index in [1.165, 1.54) is 12.1 Å². The summed E-state index contributed by atoms with van der Waals surface area (Å²) in [5.74, 6) is 0.0535. The first-order chi connectivity index (χ1) is 11.6. The summed E-state index contributed by atoms with van der Waals surface area (Å²) in [5.41, 5.74) is 1.44. The Kier molecular flexibility index (Phi) is 5.25. The van der Waals surface area contributed by atoms with Crippen molar-refractivity contribution in [2.75, 3.05) is 6.61 Å². The van der Waals surface area contributed by atoms with Crippen LogP contribution in [0.15, 0.2) is 36.5 Å². The molecule has 1 aliphatic carbocycles. The summed E-state index contributed by atoms with van der Waals surface area (Å²) in [7, 11) is 0. The van der Waals surface area contributed by atoms with E-state index < -0.39 is 0 Å². The fourth-order valence-electron chi connectivity index (χ4n) is 3.13. The highest BCUT2D eigenvalue weighted by molar-refractivity contribution is 5.78. The third-order valence-electron chi connectivity index (χ3n) is 4.55. The predicted molar refractivity (Wildman–Crippen MR) is 88.2 cm³/mol. The van der Waals surface area contributed by atoms with Gasteiger partial charge in [-0.1, -0.05) is 0 Å². The van der Waals surface area contributed by atoms with Crippen LogP contribution in [0.1, 0.15) is 31.4 Å². The molecule has 0 aliphatic heterocycles. The van der Waals surface area contributed by atoms with Gasteiger partial charge in [-0.05, 0) is 61.9 Å². The van der Waals surface area contributed by atoms with Crippen LogP contribution in [-0.2, 0) is 11.2 Å². The van der Waals surface area contributed by atoms with E-state index in [0.29, 0.717) is 11.6 Å². The Morgan fingerprint density at radius 1 is 1.21 bits per heavy atom. The van der Waals surface area contributed by atoms with Gasteiger partial charge in [-0.3, -0.25) is 4.79 Å². The van der Waals surface area contributed by atoms with Crippen LogP contribution < -0.4 is 5.32 Å². The highest BCUT2D eigenvalue weighted by Gasteiger charge is 2.22. The van der Waals surface area contributed by atoms with Crippen LogP contribution in [0, 0.1) is 11.7 Å². The van der Waals surface area contributed by atoms with Crippen molar-refractivity contribution in [1.29, 1.82) is 0 Å². The highest BCUT2D eigenvalue weighted by Crippen LogP contribution is 2.23. The lowest BCUT2D eigenvalue weighted by atomic mass is 9.86. The minimum atomic E-state index is -0.290. The van der Waals surface area contributed by atoms with Crippen LogP contribution in [0.5, 0.6) is 0 Å². The lowest BCUT2D eigenvalue weighted by Gasteiger charge is -2.27.